The molecule has 0 fully saturated rings. The first-order valence-electron chi connectivity index (χ1n) is 11.9. The number of amidine groups is 1. The first kappa shape index (κ1) is 28.6. The molecule has 0 spiro atoms. The van der Waals surface area contributed by atoms with Gasteiger partial charge in [0.05, 0.1) is 30.6 Å². The number of methoxy groups -OCH3 is 1. The number of aliphatic imine (C=N–C) groups is 1. The highest BCUT2D eigenvalue weighted by Crippen LogP contribution is 2.29. The highest BCUT2D eigenvalue weighted by atomic mass is 19.1. The van der Waals surface area contributed by atoms with E-state index in [0.717, 1.165) is 6.07 Å². The number of nitrogens with one attached hydrogen (secondary N) is 1. The number of carbonyl (C=O) groups excluding carboxylic acids is 1. The van der Waals surface area contributed by atoms with E-state index >= 15 is 0 Å². The third-order valence-electron chi connectivity index (χ3n) is 6.08. The number of benzene rings is 3. The molecule has 0 aliphatic heterocycles. The van der Waals surface area contributed by atoms with Crippen molar-refractivity contribution >= 4 is 22.8 Å². The van der Waals surface area contributed by atoms with Crippen LogP contribution in [0.3, 0.4) is 0 Å². The first-order valence-corrected chi connectivity index (χ1v) is 11.9. The fourth-order valence-corrected chi connectivity index (χ4v) is 4.10. The lowest BCUT2D eigenvalue weighted by atomic mass is 9.91. The summed E-state index contributed by atoms with van der Waals surface area (Å²) in [6.07, 6.45) is 0.661. The molecule has 0 amide bonds. The van der Waals surface area contributed by atoms with Crippen molar-refractivity contribution in [1.82, 2.24) is 5.32 Å². The van der Waals surface area contributed by atoms with Crippen LogP contribution in [0.5, 0.6) is 5.75 Å². The Balaban J connectivity index is 2.01. The van der Waals surface area contributed by atoms with Crippen molar-refractivity contribution in [3.63, 3.8) is 0 Å². The molecule has 7 nitrogen and oxygen atoms in total. The van der Waals surface area contributed by atoms with Gasteiger partial charge in [0, 0.05) is 18.7 Å². The fraction of sp³-hybridized carbons (Fsp3) is 0.133. The van der Waals surface area contributed by atoms with Crippen molar-refractivity contribution in [2.45, 2.75) is 13.0 Å². The molecule has 9 heteroatoms. The zero-order valence-corrected chi connectivity index (χ0v) is 21.8. The Bertz CT molecular complexity index is 1500. The number of ketones is 1. The van der Waals surface area contributed by atoms with Crippen LogP contribution in [-0.4, -0.2) is 30.9 Å². The lowest BCUT2D eigenvalue weighted by Crippen LogP contribution is -2.30. The topological polar surface area (TPSA) is 123 Å². The maximum absolute atomic E-state index is 14.2. The molecule has 1 atom stereocenters. The highest BCUT2D eigenvalue weighted by Gasteiger charge is 2.23. The Labute approximate surface area is 225 Å². The molecule has 3 aromatic rings. The van der Waals surface area contributed by atoms with E-state index in [2.05, 4.69) is 16.9 Å². The molecule has 3 rings (SSSR count). The van der Waals surface area contributed by atoms with Crippen LogP contribution >= 0.6 is 0 Å². The van der Waals surface area contributed by atoms with Crippen LogP contribution in [-0.2, 0) is 0 Å². The van der Waals surface area contributed by atoms with Crippen LogP contribution in [0.25, 0.3) is 11.1 Å². The Hall–Kier alpha value is -4.92. The van der Waals surface area contributed by atoms with Gasteiger partial charge in [-0.3, -0.25) is 9.79 Å². The summed E-state index contributed by atoms with van der Waals surface area (Å²) in [5.74, 6) is -1.16. The van der Waals surface area contributed by atoms with Crippen LogP contribution < -0.4 is 21.5 Å². The Kier molecular flexibility index (Phi) is 9.22. The van der Waals surface area contributed by atoms with E-state index in [-0.39, 0.29) is 39.7 Å². The van der Waals surface area contributed by atoms with Crippen LogP contribution in [0.15, 0.2) is 96.0 Å². The average Bonchev–Trinajstić information content (AvgIpc) is 2.92. The molecule has 3 aromatic carbocycles. The lowest BCUT2D eigenvalue weighted by Gasteiger charge is -2.22. The third kappa shape index (κ3) is 6.51. The molecule has 0 radical (unpaired) electrons. The fourth-order valence-electron chi connectivity index (χ4n) is 4.10. The van der Waals surface area contributed by atoms with Crippen LogP contribution in [0.1, 0.15) is 40.0 Å². The van der Waals surface area contributed by atoms with Gasteiger partial charge < -0.3 is 26.6 Å². The predicted octanol–water partition coefficient (Wildman–Crippen LogP) is 5.28. The van der Waals surface area contributed by atoms with Gasteiger partial charge in [-0.15, -0.1) is 0 Å². The molecule has 1 unspecified atom stereocenters. The van der Waals surface area contributed by atoms with Gasteiger partial charge in [-0.25, -0.2) is 8.78 Å². The number of rotatable bonds is 10. The minimum Gasteiger partial charge on any atom is -0.515 e. The summed E-state index contributed by atoms with van der Waals surface area (Å²) >= 11 is 0. The summed E-state index contributed by atoms with van der Waals surface area (Å²) < 4.78 is 33.1. The van der Waals surface area contributed by atoms with E-state index in [1.165, 1.54) is 44.5 Å². The number of aliphatic hydroxyl groups excluding tert-OH is 1. The van der Waals surface area contributed by atoms with E-state index in [4.69, 9.17) is 16.2 Å². The number of nitrogens with zero attached hydrogens (tertiary/aromatic N) is 1. The summed E-state index contributed by atoms with van der Waals surface area (Å²) in [5, 5.41) is 13.0. The lowest BCUT2D eigenvalue weighted by molar-refractivity contribution is 0.105. The zero-order valence-electron chi connectivity index (χ0n) is 21.8. The van der Waals surface area contributed by atoms with Gasteiger partial charge in [0.15, 0.2) is 5.78 Å². The molecule has 0 aromatic heterocycles. The van der Waals surface area contributed by atoms with Gasteiger partial charge in [0.1, 0.15) is 29.0 Å². The highest BCUT2D eigenvalue weighted by molar-refractivity contribution is 6.29. The Morgan fingerprint density at radius 1 is 1.05 bits per heavy atom. The van der Waals surface area contributed by atoms with Crippen LogP contribution in [0.2, 0.25) is 0 Å². The number of allylic oxidation sites excluding steroid dienone is 1. The summed E-state index contributed by atoms with van der Waals surface area (Å²) in [6, 6.07) is 15.7. The number of nitrogens with two attached hydrogens (primary N) is 2. The standard InChI is InChI=1S/C30H30F2N4O3/c1-17(20-13-22(32)15-23(14-20)39-4)27(29(33)35-3)30(34)36-18(2)24-10-5-6-11-25(24)28(38)26(16-37)19-8-7-9-21(31)12-19/h5-16,18,36-37H,1,34H2,2-4H3,(H2,33,35)/b26-16-,30-27+. The number of hydrogen-bond acceptors (Lipinski definition) is 6. The molecular formula is C30H30F2N4O3. The summed E-state index contributed by atoms with van der Waals surface area (Å²) in [4.78, 5) is 17.5. The summed E-state index contributed by atoms with van der Waals surface area (Å²) in [5.41, 5.74) is 14.5. The number of ether oxygens (including phenoxy) is 1. The number of halogens is 2. The molecule has 6 N–H and O–H groups in total. The first-order chi connectivity index (χ1) is 18.6. The largest absolute Gasteiger partial charge is 0.515 e. The molecule has 0 heterocycles. The monoisotopic (exact) mass is 532 g/mol. The van der Waals surface area contributed by atoms with E-state index in [1.807, 2.05) is 0 Å². The van der Waals surface area contributed by atoms with Crippen molar-refractivity contribution in [1.29, 1.82) is 0 Å². The second kappa shape index (κ2) is 12.6. The van der Waals surface area contributed by atoms with E-state index in [9.17, 15) is 18.7 Å². The molecule has 0 aliphatic rings. The van der Waals surface area contributed by atoms with E-state index in [0.29, 0.717) is 23.0 Å². The molecule has 0 aliphatic carbocycles. The number of Topliss-reactive ketones (excluding diaryl/α,β-unsaturated/α-hetero) is 1. The van der Waals surface area contributed by atoms with Crippen LogP contribution in [0, 0.1) is 11.6 Å². The maximum Gasteiger partial charge on any atom is 0.197 e. The van der Waals surface area contributed by atoms with Crippen molar-refractivity contribution < 1.29 is 23.4 Å². The van der Waals surface area contributed by atoms with E-state index < -0.39 is 23.5 Å². The number of hydrogen-bond donors (Lipinski definition) is 4. The normalized spacial score (nSPS) is 13.4. The van der Waals surface area contributed by atoms with Crippen molar-refractivity contribution in [3.05, 3.63) is 125 Å². The van der Waals surface area contributed by atoms with Crippen LogP contribution in [0.4, 0.5) is 8.78 Å². The van der Waals surface area contributed by atoms with Gasteiger partial charge in [-0.1, -0.05) is 43.0 Å². The van der Waals surface area contributed by atoms with Gasteiger partial charge in [-0.2, -0.15) is 0 Å². The van der Waals surface area contributed by atoms with Gasteiger partial charge in [-0.05, 0) is 53.5 Å². The minimum absolute atomic E-state index is 0.0568. The Morgan fingerprint density at radius 2 is 1.74 bits per heavy atom. The predicted molar refractivity (Wildman–Crippen MR) is 150 cm³/mol. The maximum atomic E-state index is 14.2. The second-order valence-electron chi connectivity index (χ2n) is 8.59. The van der Waals surface area contributed by atoms with Crippen molar-refractivity contribution in [2.75, 3.05) is 14.2 Å². The molecule has 0 bridgehead atoms. The van der Waals surface area contributed by atoms with Gasteiger partial charge in [0.2, 0.25) is 0 Å². The molecule has 39 heavy (non-hydrogen) atoms. The average molecular weight is 533 g/mol. The zero-order chi connectivity index (χ0) is 28.7. The Morgan fingerprint density at radius 3 is 2.38 bits per heavy atom. The van der Waals surface area contributed by atoms with Gasteiger partial charge in [0.25, 0.3) is 0 Å². The summed E-state index contributed by atoms with van der Waals surface area (Å²) in [6.45, 7) is 5.82. The SMILES string of the molecule is C=C(C(/C(N)=N\C)=C(/N)NC(C)c1ccccc1C(=O)/C(=C\O)c1cccc(F)c1)c1cc(F)cc(OC)c1. The smallest absolute Gasteiger partial charge is 0.197 e. The third-order valence-corrected chi connectivity index (χ3v) is 6.08. The molecule has 0 saturated carbocycles. The van der Waals surface area contributed by atoms with E-state index in [1.54, 1.807) is 37.3 Å². The quantitative estimate of drug-likeness (QED) is 0.0704. The molecule has 202 valence electrons. The molecular weight excluding hydrogens is 502 g/mol. The summed E-state index contributed by atoms with van der Waals surface area (Å²) in [7, 11) is 2.90. The second-order valence-corrected chi connectivity index (χ2v) is 8.59. The number of carbonyl (C=O) groups is 1. The van der Waals surface area contributed by atoms with Gasteiger partial charge >= 0.3 is 0 Å². The number of aliphatic hydroxyl groups is 1. The minimum atomic E-state index is -0.549. The molecule has 0 saturated heterocycles. The van der Waals surface area contributed by atoms with Crippen molar-refractivity contribution in [3.8, 4) is 5.75 Å². The van der Waals surface area contributed by atoms with Crippen molar-refractivity contribution in [2.24, 2.45) is 16.5 Å².